The summed E-state index contributed by atoms with van der Waals surface area (Å²) in [4.78, 5) is 23.7. The number of ether oxygens (including phenoxy) is 5. The van der Waals surface area contributed by atoms with Gasteiger partial charge in [0.1, 0.15) is 6.10 Å². The topological polar surface area (TPSA) is 156 Å². The summed E-state index contributed by atoms with van der Waals surface area (Å²) < 4.78 is 29.4. The van der Waals surface area contributed by atoms with Crippen molar-refractivity contribution in [2.45, 2.75) is 115 Å². The molecule has 0 radical (unpaired) electrons. The largest absolute Gasteiger partial charge is 0.545 e. The highest BCUT2D eigenvalue weighted by Crippen LogP contribution is 2.42. The van der Waals surface area contributed by atoms with Gasteiger partial charge < -0.3 is 49.1 Å². The minimum atomic E-state index is -1.66. The number of amides is 1. The number of unbranched alkanes of at least 4 members (excludes halogenated alkanes) is 1. The number of carbonyl (C=O) groups excluding carboxylic acids is 2. The molecule has 11 nitrogen and oxygen atoms in total. The summed E-state index contributed by atoms with van der Waals surface area (Å²) in [6.07, 6.45) is 3.74. The lowest BCUT2D eigenvalue weighted by atomic mass is 9.73. The average Bonchev–Trinajstić information content (AvgIpc) is 2.94. The summed E-state index contributed by atoms with van der Waals surface area (Å²) in [6, 6.07) is 0. The van der Waals surface area contributed by atoms with Gasteiger partial charge in [-0.25, -0.2) is 0 Å². The van der Waals surface area contributed by atoms with Crippen LogP contribution in [0.3, 0.4) is 0 Å². The van der Waals surface area contributed by atoms with E-state index in [1.165, 1.54) is 20.3 Å². The highest BCUT2D eigenvalue weighted by atomic mass is 16.7. The van der Waals surface area contributed by atoms with Crippen LogP contribution in [0, 0.1) is 11.3 Å². The van der Waals surface area contributed by atoms with E-state index in [0.717, 1.165) is 11.6 Å². The molecule has 11 heteroatoms. The number of methoxy groups -OCH3 is 3. The third-order valence-electron chi connectivity index (χ3n) is 8.70. The van der Waals surface area contributed by atoms with Crippen LogP contribution < -0.4 is 10.4 Å². The van der Waals surface area contributed by atoms with Crippen LogP contribution in [0.2, 0.25) is 0 Å². The van der Waals surface area contributed by atoms with Crippen molar-refractivity contribution in [3.05, 3.63) is 36.5 Å². The number of aliphatic hydroxyl groups is 2. The second-order valence-corrected chi connectivity index (χ2v) is 11.9. The fourth-order valence-electron chi connectivity index (χ4n) is 5.65. The third kappa shape index (κ3) is 9.19. The van der Waals surface area contributed by atoms with Crippen molar-refractivity contribution in [1.29, 1.82) is 0 Å². The molecule has 240 valence electrons. The molecule has 0 aliphatic carbocycles. The van der Waals surface area contributed by atoms with Crippen molar-refractivity contribution < 1.29 is 48.6 Å². The molecule has 2 saturated heterocycles. The molecular formula is C31H50NO10-. The zero-order valence-electron chi connectivity index (χ0n) is 26.0. The smallest absolute Gasteiger partial charge is 0.256 e. The maximum Gasteiger partial charge on any atom is 0.256 e. The zero-order valence-corrected chi connectivity index (χ0v) is 26.0. The van der Waals surface area contributed by atoms with Crippen LogP contribution in [0.25, 0.3) is 0 Å². The molecule has 2 heterocycles. The summed E-state index contributed by atoms with van der Waals surface area (Å²) in [5.41, 5.74) is 0.365. The Labute approximate surface area is 249 Å². The zero-order chi connectivity index (χ0) is 31.7. The van der Waals surface area contributed by atoms with Gasteiger partial charge in [0.05, 0.1) is 30.4 Å². The normalized spacial score (nSPS) is 32.1. The van der Waals surface area contributed by atoms with Crippen LogP contribution in [-0.2, 0) is 33.3 Å². The second kappa shape index (κ2) is 16.1. The van der Waals surface area contributed by atoms with Crippen LogP contribution in [0.1, 0.15) is 66.2 Å². The molecule has 1 amide bonds. The molecule has 0 aromatic heterocycles. The Kier molecular flexibility index (Phi) is 13.8. The molecule has 2 rings (SSSR count). The predicted octanol–water partition coefficient (Wildman–Crippen LogP) is 1.76. The Morgan fingerprint density at radius 2 is 1.90 bits per heavy atom. The Hall–Kier alpha value is -2.12. The molecule has 0 aromatic carbocycles. The van der Waals surface area contributed by atoms with E-state index < -0.39 is 53.7 Å². The quantitative estimate of drug-likeness (QED) is 0.0837. The summed E-state index contributed by atoms with van der Waals surface area (Å²) >= 11 is 0. The van der Waals surface area contributed by atoms with E-state index >= 15 is 0 Å². The summed E-state index contributed by atoms with van der Waals surface area (Å²) in [6.45, 7) is 11.9. The number of hydrogen-bond acceptors (Lipinski definition) is 10. The molecule has 2 aliphatic rings. The van der Waals surface area contributed by atoms with Crippen LogP contribution >= 0.6 is 0 Å². The Morgan fingerprint density at radius 3 is 2.48 bits per heavy atom. The lowest BCUT2D eigenvalue weighted by Gasteiger charge is -2.49. The van der Waals surface area contributed by atoms with Gasteiger partial charge in [-0.05, 0) is 32.3 Å². The van der Waals surface area contributed by atoms with Crippen LogP contribution in [-0.4, -0.2) is 92.1 Å². The monoisotopic (exact) mass is 596 g/mol. The van der Waals surface area contributed by atoms with Crippen molar-refractivity contribution in [1.82, 2.24) is 5.32 Å². The Bertz CT molecular complexity index is 965. The average molecular weight is 597 g/mol. The van der Waals surface area contributed by atoms with Crippen LogP contribution in [0.4, 0.5) is 0 Å². The fourth-order valence-corrected chi connectivity index (χ4v) is 5.65. The van der Waals surface area contributed by atoms with E-state index in [-0.39, 0.29) is 24.5 Å². The number of aliphatic carboxylic acids is 1. The maximum atomic E-state index is 13.3. The number of carboxylic acids is 1. The van der Waals surface area contributed by atoms with Gasteiger partial charge in [-0.3, -0.25) is 4.79 Å². The summed E-state index contributed by atoms with van der Waals surface area (Å²) in [5, 5.41) is 35.1. The van der Waals surface area contributed by atoms with E-state index in [2.05, 4.69) is 11.9 Å². The van der Waals surface area contributed by atoms with Gasteiger partial charge in [-0.15, -0.1) is 0 Å². The van der Waals surface area contributed by atoms with Gasteiger partial charge in [-0.2, -0.15) is 0 Å². The number of allylic oxidation sites excluding steroid dienone is 3. The SMILES string of the molecule is C=C1C[C@](OC)([C@H](O)C(=O)N[C@@H](OC)[C@@H]2C[C@@H](OC)C(C)(C)[C@@H](C[C@H](O)CCC/C=C/C=C/C(=O)[O-])O2)O[C@H](C)[C@@H]1C. The molecule has 0 aromatic rings. The molecule has 0 unspecified atom stereocenters. The molecule has 0 spiro atoms. The number of rotatable bonds is 15. The van der Waals surface area contributed by atoms with Crippen molar-refractivity contribution in [2.24, 2.45) is 11.3 Å². The Balaban J connectivity index is 2.07. The Morgan fingerprint density at radius 1 is 1.21 bits per heavy atom. The molecule has 2 aliphatic heterocycles. The molecule has 42 heavy (non-hydrogen) atoms. The van der Waals surface area contributed by atoms with E-state index in [9.17, 15) is 24.9 Å². The maximum absolute atomic E-state index is 13.3. The lowest BCUT2D eigenvalue weighted by molar-refractivity contribution is -0.298. The highest BCUT2D eigenvalue weighted by Gasteiger charge is 2.51. The van der Waals surface area contributed by atoms with E-state index in [1.807, 2.05) is 33.8 Å². The minimum Gasteiger partial charge on any atom is -0.545 e. The first-order valence-corrected chi connectivity index (χ1v) is 14.5. The van der Waals surface area contributed by atoms with Gasteiger partial charge in [0, 0.05) is 51.9 Å². The van der Waals surface area contributed by atoms with Crippen molar-refractivity contribution in [3.63, 3.8) is 0 Å². The molecule has 0 saturated carbocycles. The first-order valence-electron chi connectivity index (χ1n) is 14.5. The summed E-state index contributed by atoms with van der Waals surface area (Å²) in [5.74, 6) is -3.53. The van der Waals surface area contributed by atoms with Crippen LogP contribution in [0.5, 0.6) is 0 Å². The van der Waals surface area contributed by atoms with E-state index in [1.54, 1.807) is 13.2 Å². The molecule has 0 bridgehead atoms. The van der Waals surface area contributed by atoms with Crippen molar-refractivity contribution in [3.8, 4) is 0 Å². The van der Waals surface area contributed by atoms with E-state index in [4.69, 9.17) is 23.7 Å². The molecule has 3 N–H and O–H groups in total. The number of carboxylic acid groups (broad SMARTS) is 1. The first-order chi connectivity index (χ1) is 19.7. The number of nitrogens with one attached hydrogen (secondary N) is 1. The van der Waals surface area contributed by atoms with Gasteiger partial charge in [0.25, 0.3) is 5.91 Å². The fraction of sp³-hybridized carbons (Fsp3) is 0.742. The number of aliphatic hydroxyl groups excluding tert-OH is 2. The number of hydrogen-bond donors (Lipinski definition) is 3. The predicted molar refractivity (Wildman–Crippen MR) is 154 cm³/mol. The highest BCUT2D eigenvalue weighted by molar-refractivity contribution is 5.82. The van der Waals surface area contributed by atoms with E-state index in [0.29, 0.717) is 32.1 Å². The van der Waals surface area contributed by atoms with Gasteiger partial charge in [0.2, 0.25) is 5.79 Å². The van der Waals surface area contributed by atoms with Gasteiger partial charge in [-0.1, -0.05) is 51.2 Å². The molecular weight excluding hydrogens is 546 g/mol. The first kappa shape index (κ1) is 36.1. The van der Waals surface area contributed by atoms with Gasteiger partial charge in [0.15, 0.2) is 12.3 Å². The number of carbonyl (C=O) groups is 2. The standard InChI is InChI=1S/C31H51NO10/c1-19-18-31(40-8,42-21(3)20(19)2)27(36)28(37)32-29(39-7)23-17-24(38-6)30(4,5)25(41-23)16-22(33)14-12-10-9-11-13-15-26(34)35/h9,11,13,15,20-25,27,29,33,36H,1,10,12,14,16-18H2,2-8H3,(H,32,37)(H,34,35)/p-1/b11-9+,15-13+/t20-,21-,22-,23+,24-,25-,27-,29+,31-/m1/s1. The van der Waals surface area contributed by atoms with Crippen molar-refractivity contribution in [2.75, 3.05) is 21.3 Å². The van der Waals surface area contributed by atoms with Crippen LogP contribution in [0.15, 0.2) is 36.5 Å². The third-order valence-corrected chi connectivity index (χ3v) is 8.70. The molecule has 9 atom stereocenters. The minimum absolute atomic E-state index is 0.0442. The molecule has 2 fully saturated rings. The second-order valence-electron chi connectivity index (χ2n) is 11.9. The van der Waals surface area contributed by atoms with Gasteiger partial charge >= 0.3 is 0 Å². The summed E-state index contributed by atoms with van der Waals surface area (Å²) in [7, 11) is 4.44. The van der Waals surface area contributed by atoms with Crippen molar-refractivity contribution >= 4 is 11.9 Å². The lowest BCUT2D eigenvalue weighted by Crippen LogP contribution is -2.62.